The van der Waals surface area contributed by atoms with Crippen LogP contribution in [0.4, 0.5) is 18.9 Å². The van der Waals surface area contributed by atoms with E-state index in [-0.39, 0.29) is 16.1 Å². The standard InChI is InChI=1S/C18H17Cl2F3N2O/c19-12-6-11(7-13(20)8-12)17(26,18(21,22)23)9-25-14-2-3-15-10(5-14)1-4-16(15)24/h2-3,5-8,16,25-26H,1,4,9,24H2/t16-,17+/m1/s1. The average molecular weight is 405 g/mol. The van der Waals surface area contributed by atoms with Crippen molar-refractivity contribution in [3.63, 3.8) is 0 Å². The topological polar surface area (TPSA) is 58.3 Å². The Balaban J connectivity index is 1.88. The van der Waals surface area contributed by atoms with E-state index in [0.717, 1.165) is 36.1 Å². The van der Waals surface area contributed by atoms with Crippen molar-refractivity contribution in [2.45, 2.75) is 30.7 Å². The van der Waals surface area contributed by atoms with Gasteiger partial charge in [0.25, 0.3) is 0 Å². The van der Waals surface area contributed by atoms with E-state index in [4.69, 9.17) is 28.9 Å². The molecule has 1 aliphatic carbocycles. The van der Waals surface area contributed by atoms with Crippen molar-refractivity contribution in [2.24, 2.45) is 5.73 Å². The third-order valence-electron chi connectivity index (χ3n) is 4.62. The van der Waals surface area contributed by atoms with E-state index in [1.165, 1.54) is 6.07 Å². The number of nitrogens with one attached hydrogen (secondary N) is 1. The molecule has 0 aliphatic heterocycles. The maximum atomic E-state index is 13.6. The normalized spacial score (nSPS) is 19.1. The molecule has 0 bridgehead atoms. The highest BCUT2D eigenvalue weighted by Gasteiger charge is 2.55. The van der Waals surface area contributed by atoms with Crippen molar-refractivity contribution < 1.29 is 18.3 Å². The Bertz CT molecular complexity index is 808. The molecule has 0 saturated carbocycles. The number of nitrogens with two attached hydrogens (primary N) is 1. The molecule has 140 valence electrons. The van der Waals surface area contributed by atoms with Crippen molar-refractivity contribution in [3.8, 4) is 0 Å². The molecule has 0 amide bonds. The highest BCUT2D eigenvalue weighted by atomic mass is 35.5. The van der Waals surface area contributed by atoms with Crippen LogP contribution in [0, 0.1) is 0 Å². The summed E-state index contributed by atoms with van der Waals surface area (Å²) >= 11 is 11.6. The SMILES string of the molecule is N[C@@H]1CCc2cc(NC[C@](O)(c3cc(Cl)cc(Cl)c3)C(F)(F)F)ccc21. The van der Waals surface area contributed by atoms with Crippen molar-refractivity contribution in [1.82, 2.24) is 0 Å². The molecular weight excluding hydrogens is 388 g/mol. The summed E-state index contributed by atoms with van der Waals surface area (Å²) in [6.45, 7) is -0.780. The third kappa shape index (κ3) is 3.64. The van der Waals surface area contributed by atoms with Crippen LogP contribution in [0.3, 0.4) is 0 Å². The Morgan fingerprint density at radius 2 is 1.77 bits per heavy atom. The number of alkyl halides is 3. The second-order valence-electron chi connectivity index (χ2n) is 6.43. The molecule has 0 aromatic heterocycles. The van der Waals surface area contributed by atoms with E-state index in [1.54, 1.807) is 18.2 Å². The maximum Gasteiger partial charge on any atom is 0.423 e. The molecule has 0 radical (unpaired) electrons. The van der Waals surface area contributed by atoms with Crippen molar-refractivity contribution in [3.05, 3.63) is 63.1 Å². The molecule has 0 fully saturated rings. The lowest BCUT2D eigenvalue weighted by atomic mass is 9.92. The van der Waals surface area contributed by atoms with Gasteiger partial charge in [-0.1, -0.05) is 29.3 Å². The number of benzene rings is 2. The predicted molar refractivity (Wildman–Crippen MR) is 96.6 cm³/mol. The highest BCUT2D eigenvalue weighted by Crippen LogP contribution is 2.41. The molecule has 8 heteroatoms. The largest absolute Gasteiger partial charge is 0.423 e. The fourth-order valence-electron chi connectivity index (χ4n) is 3.15. The molecule has 0 heterocycles. The summed E-state index contributed by atoms with van der Waals surface area (Å²) in [6.07, 6.45) is -3.33. The van der Waals surface area contributed by atoms with Gasteiger partial charge in [0.05, 0.1) is 6.54 Å². The Kier molecular flexibility index (Phi) is 5.14. The fourth-order valence-corrected chi connectivity index (χ4v) is 3.68. The zero-order chi connectivity index (χ0) is 19.1. The van der Waals surface area contributed by atoms with E-state index in [2.05, 4.69) is 5.32 Å². The van der Waals surface area contributed by atoms with Gasteiger partial charge in [-0.2, -0.15) is 13.2 Å². The lowest BCUT2D eigenvalue weighted by molar-refractivity contribution is -0.260. The summed E-state index contributed by atoms with van der Waals surface area (Å²) in [5, 5.41) is 13.1. The third-order valence-corrected chi connectivity index (χ3v) is 5.06. The first-order valence-corrected chi connectivity index (χ1v) is 8.74. The van der Waals surface area contributed by atoms with Crippen LogP contribution in [-0.4, -0.2) is 17.8 Å². The number of halogens is 5. The summed E-state index contributed by atoms with van der Waals surface area (Å²) in [4.78, 5) is 0. The van der Waals surface area contributed by atoms with E-state index >= 15 is 0 Å². The molecule has 3 nitrogen and oxygen atoms in total. The van der Waals surface area contributed by atoms with E-state index < -0.39 is 23.9 Å². The number of hydrogen-bond donors (Lipinski definition) is 3. The van der Waals surface area contributed by atoms with Crippen LogP contribution in [0.1, 0.15) is 29.2 Å². The smallest absolute Gasteiger partial charge is 0.381 e. The summed E-state index contributed by atoms with van der Waals surface area (Å²) < 4.78 is 40.9. The highest BCUT2D eigenvalue weighted by molar-refractivity contribution is 6.34. The monoisotopic (exact) mass is 404 g/mol. The molecule has 2 atom stereocenters. The van der Waals surface area contributed by atoms with Gasteiger partial charge in [0.15, 0.2) is 0 Å². The minimum Gasteiger partial charge on any atom is -0.381 e. The van der Waals surface area contributed by atoms with Gasteiger partial charge in [-0.15, -0.1) is 0 Å². The zero-order valence-corrected chi connectivity index (χ0v) is 15.1. The number of anilines is 1. The van der Waals surface area contributed by atoms with Crippen molar-refractivity contribution in [1.29, 1.82) is 0 Å². The number of aliphatic hydroxyl groups is 1. The molecule has 4 N–H and O–H groups in total. The molecule has 2 aromatic carbocycles. The quantitative estimate of drug-likeness (QED) is 0.685. The first-order valence-electron chi connectivity index (χ1n) is 7.98. The van der Waals surface area contributed by atoms with Gasteiger partial charge in [0.2, 0.25) is 5.60 Å². The molecule has 0 unspecified atom stereocenters. The zero-order valence-electron chi connectivity index (χ0n) is 13.6. The van der Waals surface area contributed by atoms with Crippen LogP contribution >= 0.6 is 23.2 Å². The summed E-state index contributed by atoms with van der Waals surface area (Å²) in [5.41, 5.74) is 4.89. The molecule has 2 aromatic rings. The molecule has 1 aliphatic rings. The lowest BCUT2D eigenvalue weighted by Crippen LogP contribution is -2.47. The average Bonchev–Trinajstić information content (AvgIpc) is 2.91. The Hall–Kier alpha value is -1.47. The van der Waals surface area contributed by atoms with Crippen LogP contribution < -0.4 is 11.1 Å². The van der Waals surface area contributed by atoms with Crippen LogP contribution in [0.15, 0.2) is 36.4 Å². The van der Waals surface area contributed by atoms with Gasteiger partial charge in [-0.05, 0) is 59.9 Å². The molecule has 0 spiro atoms. The number of fused-ring (bicyclic) bond motifs is 1. The van der Waals surface area contributed by atoms with Crippen LogP contribution in [0.25, 0.3) is 0 Å². The van der Waals surface area contributed by atoms with Crippen LogP contribution in [-0.2, 0) is 12.0 Å². The maximum absolute atomic E-state index is 13.6. The molecule has 0 saturated heterocycles. The molecule has 3 rings (SSSR count). The number of aryl methyl sites for hydroxylation is 1. The minimum absolute atomic E-state index is 0.0155. The second-order valence-corrected chi connectivity index (χ2v) is 7.30. The van der Waals surface area contributed by atoms with Crippen LogP contribution in [0.5, 0.6) is 0 Å². The van der Waals surface area contributed by atoms with E-state index in [1.807, 2.05) is 0 Å². The van der Waals surface area contributed by atoms with Gasteiger partial charge >= 0.3 is 6.18 Å². The molecular formula is C18H17Cl2F3N2O. The summed E-state index contributed by atoms with van der Waals surface area (Å²) in [7, 11) is 0. The first-order chi connectivity index (χ1) is 12.1. The van der Waals surface area contributed by atoms with E-state index in [0.29, 0.717) is 5.69 Å². The van der Waals surface area contributed by atoms with Gasteiger partial charge < -0.3 is 16.2 Å². The fraction of sp³-hybridized carbons (Fsp3) is 0.333. The van der Waals surface area contributed by atoms with E-state index in [9.17, 15) is 18.3 Å². The summed E-state index contributed by atoms with van der Waals surface area (Å²) in [6, 6.07) is 8.61. The number of hydrogen-bond acceptors (Lipinski definition) is 3. The Morgan fingerprint density at radius 3 is 2.38 bits per heavy atom. The van der Waals surface area contributed by atoms with Crippen LogP contribution in [0.2, 0.25) is 10.0 Å². The van der Waals surface area contributed by atoms with Gasteiger partial charge in [0, 0.05) is 21.8 Å². The van der Waals surface area contributed by atoms with Crippen molar-refractivity contribution >= 4 is 28.9 Å². The van der Waals surface area contributed by atoms with Gasteiger partial charge in [0.1, 0.15) is 0 Å². The number of rotatable bonds is 4. The van der Waals surface area contributed by atoms with Gasteiger partial charge in [-0.25, -0.2) is 0 Å². The Labute approximate surface area is 158 Å². The second kappa shape index (κ2) is 6.93. The lowest BCUT2D eigenvalue weighted by Gasteiger charge is -2.32. The minimum atomic E-state index is -4.92. The Morgan fingerprint density at radius 1 is 1.12 bits per heavy atom. The molecule has 26 heavy (non-hydrogen) atoms. The van der Waals surface area contributed by atoms with Crippen molar-refractivity contribution in [2.75, 3.05) is 11.9 Å². The predicted octanol–water partition coefficient (Wildman–Crippen LogP) is 4.80. The van der Waals surface area contributed by atoms with Gasteiger partial charge in [-0.3, -0.25) is 0 Å². The summed E-state index contributed by atoms with van der Waals surface area (Å²) in [5.74, 6) is 0. The first kappa shape index (κ1) is 19.3.